The van der Waals surface area contributed by atoms with Gasteiger partial charge in [0.25, 0.3) is 0 Å². The van der Waals surface area contributed by atoms with E-state index in [9.17, 15) is 0 Å². The summed E-state index contributed by atoms with van der Waals surface area (Å²) in [6, 6.07) is 16.3. The van der Waals surface area contributed by atoms with Gasteiger partial charge in [-0.2, -0.15) is 0 Å². The summed E-state index contributed by atoms with van der Waals surface area (Å²) in [5.41, 5.74) is 3.42. The zero-order chi connectivity index (χ0) is 13.8. The van der Waals surface area contributed by atoms with Crippen LogP contribution in [-0.4, -0.2) is 13.7 Å². The van der Waals surface area contributed by atoms with Gasteiger partial charge in [-0.15, -0.1) is 0 Å². The fraction of sp³-hybridized carbons (Fsp3) is 0.294. The molecule has 0 unspecified atom stereocenters. The van der Waals surface area contributed by atoms with Crippen molar-refractivity contribution in [2.24, 2.45) is 0 Å². The maximum absolute atomic E-state index is 5.91. The molecule has 3 nitrogen and oxygen atoms in total. The molecule has 0 aromatic heterocycles. The smallest absolute Gasteiger partial charge is 0.125 e. The zero-order valence-electron chi connectivity index (χ0n) is 11.5. The van der Waals surface area contributed by atoms with Gasteiger partial charge in [0, 0.05) is 12.7 Å². The quantitative estimate of drug-likeness (QED) is 0.753. The molecule has 104 valence electrons. The van der Waals surface area contributed by atoms with Crippen LogP contribution in [0.4, 0.5) is 0 Å². The summed E-state index contributed by atoms with van der Waals surface area (Å²) in [5.74, 6) is 0.875. The lowest BCUT2D eigenvalue weighted by Gasteiger charge is -2.12. The van der Waals surface area contributed by atoms with Gasteiger partial charge < -0.3 is 14.2 Å². The van der Waals surface area contributed by atoms with Gasteiger partial charge in [0.2, 0.25) is 0 Å². The number of ether oxygens (including phenoxy) is 3. The number of hydrogen-bond acceptors (Lipinski definition) is 3. The molecule has 2 aromatic carbocycles. The standard InChI is InChI=1S/C17H18O3/c1-18-11-15-9-14(17-12-20-17)7-8-16(15)19-10-13-5-3-2-4-6-13/h2-9,17H,10-12H2,1H3/t17-/m1/s1. The van der Waals surface area contributed by atoms with Crippen LogP contribution < -0.4 is 4.74 Å². The number of methoxy groups -OCH3 is 1. The average molecular weight is 270 g/mol. The van der Waals surface area contributed by atoms with E-state index in [1.807, 2.05) is 24.3 Å². The highest BCUT2D eigenvalue weighted by Gasteiger charge is 2.25. The lowest BCUT2D eigenvalue weighted by Crippen LogP contribution is -2.00. The summed E-state index contributed by atoms with van der Waals surface area (Å²) < 4.78 is 16.5. The van der Waals surface area contributed by atoms with Crippen molar-refractivity contribution in [2.75, 3.05) is 13.7 Å². The van der Waals surface area contributed by atoms with Gasteiger partial charge in [-0.05, 0) is 23.3 Å². The van der Waals surface area contributed by atoms with Gasteiger partial charge in [-0.25, -0.2) is 0 Å². The van der Waals surface area contributed by atoms with Crippen molar-refractivity contribution >= 4 is 0 Å². The molecule has 20 heavy (non-hydrogen) atoms. The third-order valence-corrected chi connectivity index (χ3v) is 3.33. The second-order valence-corrected chi connectivity index (χ2v) is 4.90. The molecule has 0 radical (unpaired) electrons. The molecule has 0 amide bonds. The number of benzene rings is 2. The Kier molecular flexibility index (Phi) is 4.00. The van der Waals surface area contributed by atoms with E-state index < -0.39 is 0 Å². The molecular formula is C17H18O3. The molecular weight excluding hydrogens is 252 g/mol. The lowest BCUT2D eigenvalue weighted by molar-refractivity contribution is 0.179. The molecule has 0 N–H and O–H groups in total. The van der Waals surface area contributed by atoms with Crippen molar-refractivity contribution in [3.63, 3.8) is 0 Å². The molecule has 0 saturated carbocycles. The Balaban J connectivity index is 1.74. The van der Waals surface area contributed by atoms with E-state index in [0.717, 1.165) is 23.5 Å². The van der Waals surface area contributed by atoms with Crippen LogP contribution in [0.3, 0.4) is 0 Å². The van der Waals surface area contributed by atoms with E-state index in [0.29, 0.717) is 13.2 Å². The Labute approximate surface area is 119 Å². The minimum Gasteiger partial charge on any atom is -0.489 e. The summed E-state index contributed by atoms with van der Waals surface area (Å²) in [5, 5.41) is 0. The Morgan fingerprint density at radius 2 is 1.90 bits per heavy atom. The third kappa shape index (κ3) is 3.18. The predicted octanol–water partition coefficient (Wildman–Crippen LogP) is 3.48. The summed E-state index contributed by atoms with van der Waals surface area (Å²) in [7, 11) is 1.70. The van der Waals surface area contributed by atoms with Gasteiger partial charge in [-0.3, -0.25) is 0 Å². The molecule has 1 aliphatic heterocycles. The monoisotopic (exact) mass is 270 g/mol. The van der Waals surface area contributed by atoms with Crippen molar-refractivity contribution in [2.45, 2.75) is 19.3 Å². The van der Waals surface area contributed by atoms with Crippen LogP contribution in [0.15, 0.2) is 48.5 Å². The van der Waals surface area contributed by atoms with E-state index in [1.54, 1.807) is 7.11 Å². The van der Waals surface area contributed by atoms with Crippen molar-refractivity contribution in [3.8, 4) is 5.75 Å². The Morgan fingerprint density at radius 3 is 2.60 bits per heavy atom. The molecule has 1 saturated heterocycles. The second kappa shape index (κ2) is 6.07. The molecule has 0 spiro atoms. The van der Waals surface area contributed by atoms with Crippen molar-refractivity contribution in [3.05, 3.63) is 65.2 Å². The van der Waals surface area contributed by atoms with Crippen LogP contribution in [0.2, 0.25) is 0 Å². The second-order valence-electron chi connectivity index (χ2n) is 4.90. The van der Waals surface area contributed by atoms with Gasteiger partial charge in [0.05, 0.1) is 13.2 Å². The number of rotatable bonds is 6. The highest BCUT2D eigenvalue weighted by Crippen LogP contribution is 2.33. The highest BCUT2D eigenvalue weighted by atomic mass is 16.6. The van der Waals surface area contributed by atoms with Crippen LogP contribution in [0.1, 0.15) is 22.8 Å². The Bertz CT molecular complexity index is 562. The van der Waals surface area contributed by atoms with Crippen LogP contribution in [0.5, 0.6) is 5.75 Å². The van der Waals surface area contributed by atoms with Crippen LogP contribution in [0.25, 0.3) is 0 Å². The van der Waals surface area contributed by atoms with Crippen LogP contribution >= 0.6 is 0 Å². The fourth-order valence-electron chi connectivity index (χ4n) is 2.18. The lowest BCUT2D eigenvalue weighted by atomic mass is 10.1. The van der Waals surface area contributed by atoms with Crippen LogP contribution in [0, 0.1) is 0 Å². The minimum atomic E-state index is 0.258. The minimum absolute atomic E-state index is 0.258. The van der Waals surface area contributed by atoms with E-state index in [-0.39, 0.29) is 6.10 Å². The van der Waals surface area contributed by atoms with Crippen LogP contribution in [-0.2, 0) is 22.7 Å². The summed E-state index contributed by atoms with van der Waals surface area (Å²) in [6.45, 7) is 1.93. The molecule has 1 fully saturated rings. The van der Waals surface area contributed by atoms with Crippen molar-refractivity contribution < 1.29 is 14.2 Å². The first-order valence-corrected chi connectivity index (χ1v) is 6.77. The first kappa shape index (κ1) is 13.2. The summed E-state index contributed by atoms with van der Waals surface area (Å²) in [4.78, 5) is 0. The first-order valence-electron chi connectivity index (χ1n) is 6.77. The molecule has 1 atom stereocenters. The zero-order valence-corrected chi connectivity index (χ0v) is 11.5. The van der Waals surface area contributed by atoms with Crippen molar-refractivity contribution in [1.29, 1.82) is 0 Å². The normalized spacial score (nSPS) is 16.9. The molecule has 1 aliphatic rings. The van der Waals surface area contributed by atoms with Crippen molar-refractivity contribution in [1.82, 2.24) is 0 Å². The first-order chi connectivity index (χ1) is 9.86. The summed E-state index contributed by atoms with van der Waals surface area (Å²) in [6.07, 6.45) is 0.258. The fourth-order valence-corrected chi connectivity index (χ4v) is 2.18. The van der Waals surface area contributed by atoms with Gasteiger partial charge >= 0.3 is 0 Å². The largest absolute Gasteiger partial charge is 0.489 e. The molecule has 3 rings (SSSR count). The molecule has 3 heteroatoms. The average Bonchev–Trinajstić information content (AvgIpc) is 3.32. The maximum atomic E-state index is 5.91. The van der Waals surface area contributed by atoms with Gasteiger partial charge in [0.1, 0.15) is 18.5 Å². The van der Waals surface area contributed by atoms with E-state index >= 15 is 0 Å². The van der Waals surface area contributed by atoms with Gasteiger partial charge in [0.15, 0.2) is 0 Å². The van der Waals surface area contributed by atoms with Gasteiger partial charge in [-0.1, -0.05) is 36.4 Å². The number of hydrogen-bond donors (Lipinski definition) is 0. The maximum Gasteiger partial charge on any atom is 0.125 e. The number of epoxide rings is 1. The van der Waals surface area contributed by atoms with E-state index in [1.165, 1.54) is 5.56 Å². The molecule has 0 aliphatic carbocycles. The summed E-state index contributed by atoms with van der Waals surface area (Å²) >= 11 is 0. The highest BCUT2D eigenvalue weighted by molar-refractivity contribution is 5.38. The van der Waals surface area contributed by atoms with E-state index in [4.69, 9.17) is 14.2 Å². The molecule has 2 aromatic rings. The van der Waals surface area contributed by atoms with E-state index in [2.05, 4.69) is 24.3 Å². The third-order valence-electron chi connectivity index (χ3n) is 3.33. The predicted molar refractivity (Wildman–Crippen MR) is 76.6 cm³/mol. The Morgan fingerprint density at radius 1 is 1.10 bits per heavy atom. The molecule has 0 bridgehead atoms. The Hall–Kier alpha value is -1.84. The topological polar surface area (TPSA) is 31.0 Å². The SMILES string of the molecule is COCc1cc([C@H]2CO2)ccc1OCc1ccccc1. The molecule has 1 heterocycles.